The van der Waals surface area contributed by atoms with Crippen LogP contribution in [0.2, 0.25) is 0 Å². The van der Waals surface area contributed by atoms with Crippen LogP contribution in [0.3, 0.4) is 0 Å². The van der Waals surface area contributed by atoms with Crippen molar-refractivity contribution < 1.29 is 19.2 Å². The molecule has 0 aliphatic rings. The first-order chi connectivity index (χ1) is 12.4. The monoisotopic (exact) mass is 375 g/mol. The quantitative estimate of drug-likeness (QED) is 0.437. The Balaban J connectivity index is 1.98. The summed E-state index contributed by atoms with van der Waals surface area (Å²) in [5.41, 5.74) is 0.365. The Hall–Kier alpha value is -3.07. The van der Waals surface area contributed by atoms with Crippen LogP contribution in [-0.2, 0) is 4.79 Å². The summed E-state index contributed by atoms with van der Waals surface area (Å²) in [6, 6.07) is 11.1. The summed E-state index contributed by atoms with van der Waals surface area (Å²) in [4.78, 5) is 35.4. The second-order valence-electron chi connectivity index (χ2n) is 5.11. The van der Waals surface area contributed by atoms with Gasteiger partial charge in [-0.15, -0.1) is 11.8 Å². The van der Waals surface area contributed by atoms with Crippen molar-refractivity contribution in [2.24, 2.45) is 0 Å². The number of carbonyl (C=O) groups is 2. The third-order valence-corrected chi connectivity index (χ3v) is 4.13. The molecule has 136 valence electrons. The highest BCUT2D eigenvalue weighted by molar-refractivity contribution is 7.98. The van der Waals surface area contributed by atoms with Gasteiger partial charge in [0.2, 0.25) is 5.91 Å². The fourth-order valence-corrected chi connectivity index (χ4v) is 2.60. The van der Waals surface area contributed by atoms with E-state index < -0.39 is 16.7 Å². The van der Waals surface area contributed by atoms with Gasteiger partial charge in [0, 0.05) is 22.2 Å². The third kappa shape index (κ3) is 4.96. The SMILES string of the molecule is COc1ccc(C(=O)NCC(=O)Nc2cccc(SC)c2)cc1[N+](=O)[O-]. The molecule has 0 fully saturated rings. The summed E-state index contributed by atoms with van der Waals surface area (Å²) in [6.07, 6.45) is 1.93. The molecule has 0 bridgehead atoms. The number of ether oxygens (including phenoxy) is 1. The minimum absolute atomic E-state index is 0.0537. The van der Waals surface area contributed by atoms with Crippen molar-refractivity contribution in [3.8, 4) is 5.75 Å². The number of nitro benzene ring substituents is 1. The van der Waals surface area contributed by atoms with E-state index >= 15 is 0 Å². The minimum atomic E-state index is -0.638. The average Bonchev–Trinajstić information content (AvgIpc) is 2.65. The molecule has 2 amide bonds. The lowest BCUT2D eigenvalue weighted by atomic mass is 10.1. The van der Waals surface area contributed by atoms with Gasteiger partial charge < -0.3 is 15.4 Å². The van der Waals surface area contributed by atoms with Crippen LogP contribution in [0, 0.1) is 10.1 Å². The molecule has 26 heavy (non-hydrogen) atoms. The maximum atomic E-state index is 12.1. The van der Waals surface area contributed by atoms with E-state index in [1.807, 2.05) is 24.5 Å². The number of nitrogens with zero attached hydrogens (tertiary/aromatic N) is 1. The van der Waals surface area contributed by atoms with Crippen LogP contribution in [-0.4, -0.2) is 36.6 Å². The molecule has 0 atom stereocenters. The number of nitrogens with one attached hydrogen (secondary N) is 2. The van der Waals surface area contributed by atoms with Crippen molar-refractivity contribution in [3.05, 3.63) is 58.1 Å². The van der Waals surface area contributed by atoms with E-state index in [1.165, 1.54) is 19.2 Å². The van der Waals surface area contributed by atoms with Gasteiger partial charge in [-0.25, -0.2) is 0 Å². The predicted octanol–water partition coefficient (Wildman–Crippen LogP) is 2.69. The van der Waals surface area contributed by atoms with E-state index in [-0.39, 0.29) is 23.5 Å². The van der Waals surface area contributed by atoms with Crippen molar-refractivity contribution in [3.63, 3.8) is 0 Å². The minimum Gasteiger partial charge on any atom is -0.490 e. The van der Waals surface area contributed by atoms with Crippen LogP contribution in [0.25, 0.3) is 0 Å². The molecule has 0 saturated heterocycles. The van der Waals surface area contributed by atoms with E-state index in [9.17, 15) is 19.7 Å². The van der Waals surface area contributed by atoms with E-state index in [0.29, 0.717) is 5.69 Å². The van der Waals surface area contributed by atoms with Gasteiger partial charge in [-0.2, -0.15) is 0 Å². The van der Waals surface area contributed by atoms with Crippen LogP contribution >= 0.6 is 11.8 Å². The van der Waals surface area contributed by atoms with E-state index in [0.717, 1.165) is 11.0 Å². The summed E-state index contributed by atoms with van der Waals surface area (Å²) in [6.45, 7) is -0.262. The van der Waals surface area contributed by atoms with E-state index in [4.69, 9.17) is 4.74 Å². The number of rotatable bonds is 7. The van der Waals surface area contributed by atoms with Gasteiger partial charge in [-0.05, 0) is 36.6 Å². The largest absolute Gasteiger partial charge is 0.490 e. The molecule has 0 spiro atoms. The predicted molar refractivity (Wildman–Crippen MR) is 98.8 cm³/mol. The van der Waals surface area contributed by atoms with Gasteiger partial charge in [0.05, 0.1) is 18.6 Å². The maximum absolute atomic E-state index is 12.1. The number of hydrogen-bond acceptors (Lipinski definition) is 6. The molecule has 0 aliphatic heterocycles. The highest BCUT2D eigenvalue weighted by Gasteiger charge is 2.18. The van der Waals surface area contributed by atoms with Crippen molar-refractivity contribution in [2.45, 2.75) is 4.90 Å². The second-order valence-corrected chi connectivity index (χ2v) is 5.99. The lowest BCUT2D eigenvalue weighted by Crippen LogP contribution is -2.32. The molecule has 0 aliphatic carbocycles. The summed E-state index contributed by atoms with van der Waals surface area (Å²) in [7, 11) is 1.30. The van der Waals surface area contributed by atoms with Crippen LogP contribution in [0.5, 0.6) is 5.75 Å². The number of amides is 2. The molecule has 0 heterocycles. The Kier molecular flexibility index (Phi) is 6.56. The number of thioether (sulfide) groups is 1. The average molecular weight is 375 g/mol. The molecule has 0 unspecified atom stereocenters. The van der Waals surface area contributed by atoms with Gasteiger partial charge in [0.25, 0.3) is 5.91 Å². The van der Waals surface area contributed by atoms with Gasteiger partial charge in [-0.1, -0.05) is 6.07 Å². The lowest BCUT2D eigenvalue weighted by Gasteiger charge is -2.08. The zero-order valence-electron chi connectivity index (χ0n) is 14.1. The smallest absolute Gasteiger partial charge is 0.311 e. The normalized spacial score (nSPS) is 10.1. The van der Waals surface area contributed by atoms with Crippen LogP contribution < -0.4 is 15.4 Å². The first kappa shape index (κ1) is 19.3. The van der Waals surface area contributed by atoms with E-state index in [1.54, 1.807) is 17.8 Å². The topological polar surface area (TPSA) is 111 Å². The van der Waals surface area contributed by atoms with Gasteiger partial charge in [0.1, 0.15) is 0 Å². The first-order valence-corrected chi connectivity index (χ1v) is 8.71. The van der Waals surface area contributed by atoms with Gasteiger partial charge in [-0.3, -0.25) is 19.7 Å². The molecule has 2 aromatic carbocycles. The molecular weight excluding hydrogens is 358 g/mol. The van der Waals surface area contributed by atoms with Crippen LogP contribution in [0.4, 0.5) is 11.4 Å². The standard InChI is InChI=1S/C17H17N3O5S/c1-25-15-7-6-11(8-14(15)20(23)24)17(22)18-10-16(21)19-12-4-3-5-13(9-12)26-2/h3-9H,10H2,1-2H3,(H,18,22)(H,19,21). The summed E-state index contributed by atoms with van der Waals surface area (Å²) in [5, 5.41) is 16.1. The summed E-state index contributed by atoms with van der Waals surface area (Å²) >= 11 is 1.55. The van der Waals surface area contributed by atoms with Crippen molar-refractivity contribution in [2.75, 3.05) is 25.2 Å². The number of nitro groups is 1. The number of benzene rings is 2. The second kappa shape index (κ2) is 8.86. The molecule has 2 aromatic rings. The summed E-state index contributed by atoms with van der Waals surface area (Å²) < 4.78 is 4.89. The van der Waals surface area contributed by atoms with Crippen molar-refractivity contribution in [1.29, 1.82) is 0 Å². The zero-order chi connectivity index (χ0) is 19.1. The molecule has 2 rings (SSSR count). The fourth-order valence-electron chi connectivity index (χ4n) is 2.14. The molecule has 0 radical (unpaired) electrons. The van der Waals surface area contributed by atoms with E-state index in [2.05, 4.69) is 10.6 Å². The van der Waals surface area contributed by atoms with Crippen LogP contribution in [0.1, 0.15) is 10.4 Å². The Bertz CT molecular complexity index is 841. The Morgan fingerprint density at radius 1 is 1.23 bits per heavy atom. The molecule has 2 N–H and O–H groups in total. The number of hydrogen-bond donors (Lipinski definition) is 2. The molecule has 8 nitrogen and oxygen atoms in total. The first-order valence-electron chi connectivity index (χ1n) is 7.49. The van der Waals surface area contributed by atoms with Crippen molar-refractivity contribution in [1.82, 2.24) is 5.32 Å². The zero-order valence-corrected chi connectivity index (χ0v) is 15.0. The fraction of sp³-hybridized carbons (Fsp3) is 0.176. The lowest BCUT2D eigenvalue weighted by molar-refractivity contribution is -0.385. The molecule has 0 saturated carbocycles. The number of carbonyl (C=O) groups excluding carboxylic acids is 2. The Morgan fingerprint density at radius 3 is 2.65 bits per heavy atom. The number of methoxy groups -OCH3 is 1. The molecule has 9 heteroatoms. The van der Waals surface area contributed by atoms with Gasteiger partial charge in [0.15, 0.2) is 5.75 Å². The highest BCUT2D eigenvalue weighted by atomic mass is 32.2. The highest BCUT2D eigenvalue weighted by Crippen LogP contribution is 2.27. The van der Waals surface area contributed by atoms with Crippen molar-refractivity contribution >= 4 is 35.0 Å². The maximum Gasteiger partial charge on any atom is 0.311 e. The van der Waals surface area contributed by atoms with Crippen LogP contribution in [0.15, 0.2) is 47.4 Å². The Labute approximate surface area is 154 Å². The summed E-state index contributed by atoms with van der Waals surface area (Å²) in [5.74, 6) is -0.943. The van der Waals surface area contributed by atoms with Gasteiger partial charge >= 0.3 is 5.69 Å². The third-order valence-electron chi connectivity index (χ3n) is 3.40. The molecule has 0 aromatic heterocycles. The molecular formula is C17H17N3O5S. The Morgan fingerprint density at radius 2 is 2.00 bits per heavy atom. The number of anilines is 1.